The van der Waals surface area contributed by atoms with Crippen molar-refractivity contribution in [1.29, 1.82) is 0 Å². The van der Waals surface area contributed by atoms with Crippen LogP contribution in [0.3, 0.4) is 0 Å². The summed E-state index contributed by atoms with van der Waals surface area (Å²) >= 11 is 0. The molecular weight excluding hydrogens is 184 g/mol. The molecule has 1 N–H and O–H groups in total. The molecule has 15 heavy (non-hydrogen) atoms. The highest BCUT2D eigenvalue weighted by Gasteiger charge is 2.25. The summed E-state index contributed by atoms with van der Waals surface area (Å²) in [7, 11) is 2.28. The number of piperidine rings is 1. The van der Waals surface area contributed by atoms with Gasteiger partial charge in [-0.15, -0.1) is 0 Å². The van der Waals surface area contributed by atoms with Crippen molar-refractivity contribution in [2.75, 3.05) is 20.1 Å². The minimum absolute atomic E-state index is 0.745. The van der Waals surface area contributed by atoms with E-state index in [1.807, 2.05) is 0 Å². The molecule has 2 fully saturated rings. The van der Waals surface area contributed by atoms with E-state index < -0.39 is 0 Å². The van der Waals surface area contributed by atoms with E-state index in [1.54, 1.807) is 0 Å². The molecule has 2 aliphatic rings. The van der Waals surface area contributed by atoms with Gasteiger partial charge in [-0.2, -0.15) is 0 Å². The van der Waals surface area contributed by atoms with Gasteiger partial charge in [-0.25, -0.2) is 0 Å². The molecule has 2 nitrogen and oxygen atoms in total. The molecule has 1 saturated carbocycles. The van der Waals surface area contributed by atoms with Crippen molar-refractivity contribution in [3.63, 3.8) is 0 Å². The first kappa shape index (κ1) is 11.4. The van der Waals surface area contributed by atoms with Crippen LogP contribution in [-0.4, -0.2) is 37.1 Å². The maximum Gasteiger partial charge on any atom is 0.0217 e. The molecule has 1 aliphatic heterocycles. The molecule has 88 valence electrons. The van der Waals surface area contributed by atoms with Crippen molar-refractivity contribution >= 4 is 0 Å². The number of rotatable bonds is 4. The van der Waals surface area contributed by atoms with Crippen molar-refractivity contribution in [3.05, 3.63) is 0 Å². The third-order valence-corrected chi connectivity index (χ3v) is 4.45. The third kappa shape index (κ3) is 2.94. The topological polar surface area (TPSA) is 15.3 Å². The van der Waals surface area contributed by atoms with Gasteiger partial charge in [-0.05, 0) is 52.1 Å². The number of hydrogen-bond acceptors (Lipinski definition) is 2. The number of likely N-dealkylation sites (tertiary alicyclic amines) is 1. The second-order valence-corrected chi connectivity index (χ2v) is 5.52. The Balaban J connectivity index is 1.67. The fourth-order valence-corrected chi connectivity index (χ4v) is 2.83. The molecule has 1 saturated heterocycles. The fourth-order valence-electron chi connectivity index (χ4n) is 2.83. The Morgan fingerprint density at radius 2 is 2.00 bits per heavy atom. The van der Waals surface area contributed by atoms with E-state index in [1.165, 1.54) is 51.6 Å². The summed E-state index contributed by atoms with van der Waals surface area (Å²) in [5, 5.41) is 3.74. The molecule has 1 heterocycles. The van der Waals surface area contributed by atoms with E-state index in [0.717, 1.165) is 18.0 Å². The highest BCUT2D eigenvalue weighted by molar-refractivity contribution is 4.82. The van der Waals surface area contributed by atoms with Crippen LogP contribution in [0.25, 0.3) is 0 Å². The SMILES string of the molecule is CC(NCC1CCCCN1C)C1CCC1. The molecule has 0 bridgehead atoms. The molecule has 0 amide bonds. The molecule has 0 spiro atoms. The van der Waals surface area contributed by atoms with Gasteiger partial charge >= 0.3 is 0 Å². The Kier molecular flexibility index (Phi) is 4.04. The average Bonchev–Trinajstić information content (AvgIpc) is 2.14. The summed E-state index contributed by atoms with van der Waals surface area (Å²) in [6, 6.07) is 1.54. The van der Waals surface area contributed by atoms with Crippen molar-refractivity contribution in [2.45, 2.75) is 57.5 Å². The molecule has 2 atom stereocenters. The summed E-state index contributed by atoms with van der Waals surface area (Å²) in [5.41, 5.74) is 0. The average molecular weight is 210 g/mol. The predicted molar refractivity (Wildman–Crippen MR) is 65.1 cm³/mol. The van der Waals surface area contributed by atoms with Crippen LogP contribution in [0.5, 0.6) is 0 Å². The molecule has 0 aromatic rings. The van der Waals surface area contributed by atoms with Crippen LogP contribution in [0, 0.1) is 5.92 Å². The Morgan fingerprint density at radius 3 is 2.60 bits per heavy atom. The van der Waals surface area contributed by atoms with Gasteiger partial charge in [0, 0.05) is 18.6 Å². The van der Waals surface area contributed by atoms with Crippen molar-refractivity contribution in [2.24, 2.45) is 5.92 Å². The first-order chi connectivity index (χ1) is 7.27. The van der Waals surface area contributed by atoms with Crippen molar-refractivity contribution < 1.29 is 0 Å². The molecular formula is C13H26N2. The van der Waals surface area contributed by atoms with Gasteiger partial charge in [-0.3, -0.25) is 0 Å². The first-order valence-electron chi connectivity index (χ1n) is 6.71. The van der Waals surface area contributed by atoms with Gasteiger partial charge in [0.25, 0.3) is 0 Å². The second-order valence-electron chi connectivity index (χ2n) is 5.52. The normalized spacial score (nSPS) is 31.2. The van der Waals surface area contributed by atoms with E-state index in [0.29, 0.717) is 0 Å². The predicted octanol–water partition coefficient (Wildman–Crippen LogP) is 2.25. The molecule has 1 aliphatic carbocycles. The Hall–Kier alpha value is -0.0800. The minimum atomic E-state index is 0.745. The Bertz CT molecular complexity index is 189. The van der Waals surface area contributed by atoms with Crippen LogP contribution in [-0.2, 0) is 0 Å². The summed E-state index contributed by atoms with van der Waals surface area (Å²) < 4.78 is 0. The largest absolute Gasteiger partial charge is 0.312 e. The monoisotopic (exact) mass is 210 g/mol. The summed E-state index contributed by atoms with van der Waals surface area (Å²) in [5.74, 6) is 0.971. The zero-order chi connectivity index (χ0) is 10.7. The van der Waals surface area contributed by atoms with Crippen molar-refractivity contribution in [1.82, 2.24) is 10.2 Å². The lowest BCUT2D eigenvalue weighted by molar-refractivity contribution is 0.164. The number of nitrogens with one attached hydrogen (secondary N) is 1. The Labute approximate surface area is 94.4 Å². The van der Waals surface area contributed by atoms with Gasteiger partial charge in [0.15, 0.2) is 0 Å². The lowest BCUT2D eigenvalue weighted by Crippen LogP contribution is -2.47. The van der Waals surface area contributed by atoms with Gasteiger partial charge in [0.1, 0.15) is 0 Å². The van der Waals surface area contributed by atoms with E-state index in [-0.39, 0.29) is 0 Å². The first-order valence-corrected chi connectivity index (χ1v) is 6.71. The van der Waals surface area contributed by atoms with Crippen LogP contribution in [0.4, 0.5) is 0 Å². The zero-order valence-electron chi connectivity index (χ0n) is 10.3. The standard InChI is InChI=1S/C13H26N2/c1-11(12-6-5-7-12)14-10-13-8-3-4-9-15(13)2/h11-14H,3-10H2,1-2H3. The van der Waals surface area contributed by atoms with Crippen molar-refractivity contribution in [3.8, 4) is 0 Å². The minimum Gasteiger partial charge on any atom is -0.312 e. The lowest BCUT2D eigenvalue weighted by Gasteiger charge is -2.36. The number of nitrogens with zero attached hydrogens (tertiary/aromatic N) is 1. The third-order valence-electron chi connectivity index (χ3n) is 4.45. The molecule has 2 rings (SSSR count). The zero-order valence-corrected chi connectivity index (χ0v) is 10.3. The Morgan fingerprint density at radius 1 is 1.20 bits per heavy atom. The quantitative estimate of drug-likeness (QED) is 0.765. The summed E-state index contributed by atoms with van der Waals surface area (Å²) in [6.07, 6.45) is 8.57. The lowest BCUT2D eigenvalue weighted by atomic mass is 9.80. The van der Waals surface area contributed by atoms with E-state index in [2.05, 4.69) is 24.2 Å². The summed E-state index contributed by atoms with van der Waals surface area (Å²) in [6.45, 7) is 4.87. The van der Waals surface area contributed by atoms with Crippen LogP contribution in [0.1, 0.15) is 45.4 Å². The smallest absolute Gasteiger partial charge is 0.0217 e. The maximum absolute atomic E-state index is 3.74. The second kappa shape index (κ2) is 5.31. The van der Waals surface area contributed by atoms with Gasteiger partial charge in [-0.1, -0.05) is 12.8 Å². The number of likely N-dealkylation sites (N-methyl/N-ethyl adjacent to an activating group) is 1. The highest BCUT2D eigenvalue weighted by Crippen LogP contribution is 2.29. The molecule has 2 unspecified atom stereocenters. The fraction of sp³-hybridized carbons (Fsp3) is 1.00. The highest BCUT2D eigenvalue weighted by atomic mass is 15.2. The molecule has 0 aromatic heterocycles. The molecule has 0 aromatic carbocycles. The van der Waals surface area contributed by atoms with E-state index in [4.69, 9.17) is 0 Å². The number of hydrogen-bond donors (Lipinski definition) is 1. The van der Waals surface area contributed by atoms with Crippen LogP contribution in [0.15, 0.2) is 0 Å². The van der Waals surface area contributed by atoms with Gasteiger partial charge < -0.3 is 10.2 Å². The van der Waals surface area contributed by atoms with Crippen LogP contribution >= 0.6 is 0 Å². The molecule has 0 radical (unpaired) electrons. The van der Waals surface area contributed by atoms with Crippen LogP contribution < -0.4 is 5.32 Å². The van der Waals surface area contributed by atoms with Crippen LogP contribution in [0.2, 0.25) is 0 Å². The van der Waals surface area contributed by atoms with Gasteiger partial charge in [0.2, 0.25) is 0 Å². The van der Waals surface area contributed by atoms with Gasteiger partial charge in [0.05, 0.1) is 0 Å². The summed E-state index contributed by atoms with van der Waals surface area (Å²) in [4.78, 5) is 2.53. The molecule has 2 heteroatoms. The van der Waals surface area contributed by atoms with E-state index in [9.17, 15) is 0 Å². The maximum atomic E-state index is 3.74. The van der Waals surface area contributed by atoms with E-state index >= 15 is 0 Å².